The summed E-state index contributed by atoms with van der Waals surface area (Å²) in [6, 6.07) is 13.5. The van der Waals surface area contributed by atoms with E-state index >= 15 is 0 Å². The maximum absolute atomic E-state index is 12.0. The highest BCUT2D eigenvalue weighted by Gasteiger charge is 2.30. The van der Waals surface area contributed by atoms with Gasteiger partial charge in [0.1, 0.15) is 5.75 Å². The molecule has 0 saturated heterocycles. The zero-order valence-corrected chi connectivity index (χ0v) is 12.8. The normalized spacial score (nSPS) is 11.7. The van der Waals surface area contributed by atoms with E-state index in [-0.39, 0.29) is 17.3 Å². The Morgan fingerprint density at radius 1 is 1.08 bits per heavy atom. The first kappa shape index (κ1) is 18.1. The Kier molecular flexibility index (Phi) is 5.83. The van der Waals surface area contributed by atoms with Gasteiger partial charge >= 0.3 is 6.36 Å². The highest BCUT2D eigenvalue weighted by Crippen LogP contribution is 2.23. The van der Waals surface area contributed by atoms with E-state index in [2.05, 4.69) is 15.2 Å². The van der Waals surface area contributed by atoms with Crippen molar-refractivity contribution in [2.45, 2.75) is 6.36 Å². The Morgan fingerprint density at radius 3 is 2.32 bits per heavy atom. The molecule has 0 aliphatic heterocycles. The molecule has 25 heavy (non-hydrogen) atoms. The van der Waals surface area contributed by atoms with Crippen LogP contribution < -0.4 is 15.8 Å². The second-order valence-electron chi connectivity index (χ2n) is 4.74. The van der Waals surface area contributed by atoms with Gasteiger partial charge in [0, 0.05) is 11.3 Å². The van der Waals surface area contributed by atoms with Gasteiger partial charge in [-0.25, -0.2) is 0 Å². The van der Waals surface area contributed by atoms with Crippen molar-refractivity contribution in [1.29, 1.82) is 0 Å². The lowest BCUT2D eigenvalue weighted by Gasteiger charge is -2.09. The second kappa shape index (κ2) is 8.04. The number of hydrogen-bond donors (Lipinski definition) is 2. The molecule has 0 aromatic heterocycles. The largest absolute Gasteiger partial charge is 0.573 e. The van der Waals surface area contributed by atoms with Crippen molar-refractivity contribution < 1.29 is 27.5 Å². The van der Waals surface area contributed by atoms with Crippen LogP contribution in [0.5, 0.6) is 5.75 Å². The Balaban J connectivity index is 1.82. The van der Waals surface area contributed by atoms with Crippen LogP contribution in [0.25, 0.3) is 0 Å². The number of ether oxygens (including phenoxy) is 1. The van der Waals surface area contributed by atoms with E-state index in [1.54, 1.807) is 24.3 Å². The fraction of sp³-hybridized carbons (Fsp3) is 0.125. The summed E-state index contributed by atoms with van der Waals surface area (Å²) in [6.07, 6.45) is -4.77. The first-order valence-corrected chi connectivity index (χ1v) is 7.00. The van der Waals surface area contributed by atoms with Crippen LogP contribution in [-0.4, -0.2) is 24.7 Å². The van der Waals surface area contributed by atoms with Crippen molar-refractivity contribution >= 4 is 17.4 Å². The fourth-order valence-electron chi connectivity index (χ4n) is 1.76. The number of nitrogens with one attached hydrogen (secondary N) is 1. The number of carbonyl (C=O) groups is 1. The van der Waals surface area contributed by atoms with Crippen LogP contribution >= 0.6 is 0 Å². The van der Waals surface area contributed by atoms with Crippen LogP contribution in [0.15, 0.2) is 59.8 Å². The second-order valence-corrected chi connectivity index (χ2v) is 4.74. The molecule has 0 saturated carbocycles. The first-order chi connectivity index (χ1) is 11.8. The summed E-state index contributed by atoms with van der Waals surface area (Å²) in [5.74, 6) is -0.821. The number of nitrogens with two attached hydrogens (primary N) is 1. The number of rotatable bonds is 6. The minimum atomic E-state index is -4.77. The van der Waals surface area contributed by atoms with Gasteiger partial charge in [-0.1, -0.05) is 35.5 Å². The fourth-order valence-corrected chi connectivity index (χ4v) is 1.76. The van der Waals surface area contributed by atoms with Gasteiger partial charge in [0.25, 0.3) is 5.91 Å². The average molecular weight is 353 g/mol. The molecule has 0 heterocycles. The van der Waals surface area contributed by atoms with E-state index in [4.69, 9.17) is 10.6 Å². The van der Waals surface area contributed by atoms with Crippen LogP contribution in [0.2, 0.25) is 0 Å². The zero-order chi connectivity index (χ0) is 18.3. The maximum atomic E-state index is 12.0. The van der Waals surface area contributed by atoms with Crippen LogP contribution in [0.3, 0.4) is 0 Å². The van der Waals surface area contributed by atoms with Crippen molar-refractivity contribution in [1.82, 2.24) is 0 Å². The lowest BCUT2D eigenvalue weighted by molar-refractivity contribution is -0.274. The third kappa shape index (κ3) is 6.42. The molecular formula is C16H14F3N3O3. The molecule has 2 aromatic rings. The standard InChI is InChI=1S/C16H14F3N3O3/c17-16(18,19)25-13-8-6-12(7-9-13)21-14(23)10-24-22-15(20)11-4-2-1-3-5-11/h1-9H,10H2,(H2,20,22)(H,21,23). The Morgan fingerprint density at radius 2 is 1.72 bits per heavy atom. The summed E-state index contributed by atoms with van der Waals surface area (Å²) in [7, 11) is 0. The number of carbonyl (C=O) groups excluding carboxylic acids is 1. The molecule has 0 bridgehead atoms. The molecular weight excluding hydrogens is 339 g/mol. The molecule has 2 aromatic carbocycles. The molecule has 1 amide bonds. The van der Waals surface area contributed by atoms with E-state index in [1.807, 2.05) is 6.07 Å². The molecule has 6 nitrogen and oxygen atoms in total. The summed E-state index contributed by atoms with van der Waals surface area (Å²) in [4.78, 5) is 16.5. The summed E-state index contributed by atoms with van der Waals surface area (Å²) in [5.41, 5.74) is 6.61. The van der Waals surface area contributed by atoms with Gasteiger partial charge in [0.05, 0.1) is 0 Å². The molecule has 0 aliphatic carbocycles. The van der Waals surface area contributed by atoms with Crippen LogP contribution in [-0.2, 0) is 9.63 Å². The SMILES string of the molecule is N/C(=N\OCC(=O)Nc1ccc(OC(F)(F)F)cc1)c1ccccc1. The minimum Gasteiger partial charge on any atom is -0.406 e. The van der Waals surface area contributed by atoms with E-state index < -0.39 is 18.9 Å². The van der Waals surface area contributed by atoms with Gasteiger partial charge < -0.3 is 20.6 Å². The van der Waals surface area contributed by atoms with E-state index in [9.17, 15) is 18.0 Å². The van der Waals surface area contributed by atoms with Crippen molar-refractivity contribution in [2.75, 3.05) is 11.9 Å². The van der Waals surface area contributed by atoms with Crippen LogP contribution in [0.1, 0.15) is 5.56 Å². The third-order valence-corrected chi connectivity index (χ3v) is 2.80. The molecule has 132 valence electrons. The quantitative estimate of drug-likeness (QED) is 0.475. The third-order valence-electron chi connectivity index (χ3n) is 2.80. The summed E-state index contributed by atoms with van der Waals surface area (Å²) in [6.45, 7) is -0.408. The lowest BCUT2D eigenvalue weighted by Crippen LogP contribution is -2.19. The maximum Gasteiger partial charge on any atom is 0.573 e. The van der Waals surface area contributed by atoms with Gasteiger partial charge in [-0.3, -0.25) is 4.79 Å². The number of hydrogen-bond acceptors (Lipinski definition) is 4. The zero-order valence-electron chi connectivity index (χ0n) is 12.8. The molecule has 3 N–H and O–H groups in total. The number of benzene rings is 2. The minimum absolute atomic E-state index is 0.113. The summed E-state index contributed by atoms with van der Waals surface area (Å²) >= 11 is 0. The molecule has 0 aliphatic rings. The van der Waals surface area contributed by atoms with Gasteiger partial charge in [0.2, 0.25) is 0 Å². The molecule has 9 heteroatoms. The van der Waals surface area contributed by atoms with Gasteiger partial charge in [-0.15, -0.1) is 13.2 Å². The number of amides is 1. The average Bonchev–Trinajstić information content (AvgIpc) is 2.56. The predicted molar refractivity (Wildman–Crippen MR) is 84.9 cm³/mol. The molecule has 2 rings (SSSR count). The van der Waals surface area contributed by atoms with Crippen molar-refractivity contribution in [3.8, 4) is 5.75 Å². The number of oxime groups is 1. The lowest BCUT2D eigenvalue weighted by atomic mass is 10.2. The number of amidine groups is 1. The van der Waals surface area contributed by atoms with E-state index in [0.717, 1.165) is 12.1 Å². The molecule has 0 spiro atoms. The topological polar surface area (TPSA) is 85.9 Å². The number of alkyl halides is 3. The molecule has 0 unspecified atom stereocenters. The Bertz CT molecular complexity index is 732. The smallest absolute Gasteiger partial charge is 0.406 e. The first-order valence-electron chi connectivity index (χ1n) is 7.00. The highest BCUT2D eigenvalue weighted by atomic mass is 19.4. The number of anilines is 1. The predicted octanol–water partition coefficient (Wildman–Crippen LogP) is 2.86. The summed E-state index contributed by atoms with van der Waals surface area (Å²) < 4.78 is 39.9. The number of nitrogens with zero attached hydrogens (tertiary/aromatic N) is 1. The van der Waals surface area contributed by atoms with Crippen LogP contribution in [0, 0.1) is 0 Å². The van der Waals surface area contributed by atoms with Crippen molar-refractivity contribution in [2.24, 2.45) is 10.9 Å². The Hall–Kier alpha value is -3.23. The monoisotopic (exact) mass is 353 g/mol. The van der Waals surface area contributed by atoms with Gasteiger partial charge in [0.15, 0.2) is 12.4 Å². The van der Waals surface area contributed by atoms with Gasteiger partial charge in [-0.05, 0) is 24.3 Å². The van der Waals surface area contributed by atoms with Crippen molar-refractivity contribution in [3.63, 3.8) is 0 Å². The highest BCUT2D eigenvalue weighted by molar-refractivity contribution is 5.97. The molecule has 0 fully saturated rings. The molecule has 0 radical (unpaired) electrons. The van der Waals surface area contributed by atoms with Crippen LogP contribution in [0.4, 0.5) is 18.9 Å². The van der Waals surface area contributed by atoms with Gasteiger partial charge in [-0.2, -0.15) is 0 Å². The van der Waals surface area contributed by atoms with Crippen molar-refractivity contribution in [3.05, 3.63) is 60.2 Å². The summed E-state index contributed by atoms with van der Waals surface area (Å²) in [5, 5.41) is 6.05. The molecule has 0 atom stereocenters. The van der Waals surface area contributed by atoms with E-state index in [0.29, 0.717) is 5.56 Å². The Labute approximate surface area is 141 Å². The van der Waals surface area contributed by atoms with E-state index in [1.165, 1.54) is 12.1 Å². The number of halogens is 3.